The van der Waals surface area contributed by atoms with E-state index in [1.54, 1.807) is 21.3 Å². The van der Waals surface area contributed by atoms with Gasteiger partial charge in [-0.2, -0.15) is 0 Å². The topological polar surface area (TPSA) is 198 Å². The predicted octanol–water partition coefficient (Wildman–Crippen LogP) is 4.06. The van der Waals surface area contributed by atoms with Gasteiger partial charge in [-0.15, -0.1) is 0 Å². The molecular formula is C35H40FN3O11. The van der Waals surface area contributed by atoms with E-state index in [0.29, 0.717) is 24.0 Å². The monoisotopic (exact) mass is 697 g/mol. The van der Waals surface area contributed by atoms with Crippen LogP contribution in [-0.2, 0) is 38.6 Å². The van der Waals surface area contributed by atoms with Crippen molar-refractivity contribution in [3.05, 3.63) is 83.4 Å². The summed E-state index contributed by atoms with van der Waals surface area (Å²) in [6.45, 7) is 3.89. The van der Waals surface area contributed by atoms with Crippen LogP contribution < -0.4 is 14.2 Å². The third kappa shape index (κ3) is 11.5. The van der Waals surface area contributed by atoms with E-state index in [1.807, 2.05) is 36.4 Å². The quantitative estimate of drug-likeness (QED) is 0.173. The average molecular weight is 698 g/mol. The molecule has 0 radical (unpaired) electrons. The Kier molecular flexibility index (Phi) is 14.5. The number of fused-ring (bicyclic) bond motifs is 1. The molecule has 5 rings (SSSR count). The van der Waals surface area contributed by atoms with Crippen LogP contribution in [0.3, 0.4) is 0 Å². The minimum atomic E-state index is -1.82. The van der Waals surface area contributed by atoms with Crippen molar-refractivity contribution < 1.29 is 58.2 Å². The number of carboxylic acids is 4. The van der Waals surface area contributed by atoms with E-state index in [4.69, 9.17) is 58.8 Å². The number of nitrogens with zero attached hydrogens (tertiary/aromatic N) is 3. The molecule has 268 valence electrons. The Morgan fingerprint density at radius 3 is 1.78 bits per heavy atom. The molecule has 0 spiro atoms. The Bertz CT molecular complexity index is 1700. The van der Waals surface area contributed by atoms with Crippen molar-refractivity contribution in [2.24, 2.45) is 5.92 Å². The summed E-state index contributed by atoms with van der Waals surface area (Å²) >= 11 is 0. The zero-order valence-corrected chi connectivity index (χ0v) is 27.9. The molecular weight excluding hydrogens is 657 g/mol. The van der Waals surface area contributed by atoms with Gasteiger partial charge in [0.25, 0.3) is 0 Å². The molecule has 0 atom stereocenters. The second kappa shape index (κ2) is 18.7. The molecule has 0 aliphatic carbocycles. The van der Waals surface area contributed by atoms with Crippen molar-refractivity contribution in [1.29, 1.82) is 0 Å². The number of carboxylic acid groups (broad SMARTS) is 4. The number of rotatable bonds is 10. The molecule has 1 aromatic heterocycles. The van der Waals surface area contributed by atoms with Crippen LogP contribution in [0.5, 0.6) is 17.2 Å². The van der Waals surface area contributed by atoms with Gasteiger partial charge in [0.05, 0.1) is 32.4 Å². The maximum atomic E-state index is 13.5. The number of methoxy groups -OCH3 is 3. The van der Waals surface area contributed by atoms with Crippen molar-refractivity contribution in [2.75, 3.05) is 41.0 Å². The highest BCUT2D eigenvalue weighted by Gasteiger charge is 2.23. The summed E-state index contributed by atoms with van der Waals surface area (Å²) < 4.78 is 32.2. The number of benzene rings is 3. The fourth-order valence-corrected chi connectivity index (χ4v) is 5.36. The number of hydrogen-bond acceptors (Lipinski definition) is 9. The maximum absolute atomic E-state index is 13.5. The van der Waals surface area contributed by atoms with E-state index >= 15 is 0 Å². The Morgan fingerprint density at radius 2 is 1.28 bits per heavy atom. The number of aromatic nitrogens is 2. The first-order valence-corrected chi connectivity index (χ1v) is 15.5. The first kappa shape index (κ1) is 38.7. The number of ether oxygens (including phenoxy) is 3. The molecule has 1 aliphatic rings. The van der Waals surface area contributed by atoms with Crippen molar-refractivity contribution >= 4 is 34.9 Å². The molecule has 4 N–H and O–H groups in total. The highest BCUT2D eigenvalue weighted by molar-refractivity contribution is 6.27. The Morgan fingerprint density at radius 1 is 0.760 bits per heavy atom. The third-order valence-corrected chi connectivity index (χ3v) is 8.01. The summed E-state index contributed by atoms with van der Waals surface area (Å²) in [7, 11) is 4.99. The van der Waals surface area contributed by atoms with Crippen LogP contribution in [0.4, 0.5) is 4.39 Å². The number of carbonyl (C=O) groups is 4. The summed E-state index contributed by atoms with van der Waals surface area (Å²) in [5, 5.41) is 29.6. The predicted molar refractivity (Wildman–Crippen MR) is 178 cm³/mol. The molecule has 0 unspecified atom stereocenters. The van der Waals surface area contributed by atoms with E-state index in [0.717, 1.165) is 73.5 Å². The number of imidazole rings is 1. The zero-order chi connectivity index (χ0) is 36.8. The molecule has 0 amide bonds. The first-order chi connectivity index (χ1) is 23.8. The lowest BCUT2D eigenvalue weighted by atomic mass is 9.93. The van der Waals surface area contributed by atoms with Gasteiger partial charge < -0.3 is 44.1 Å². The fourth-order valence-electron chi connectivity index (χ4n) is 5.36. The van der Waals surface area contributed by atoms with Gasteiger partial charge in [0.2, 0.25) is 0 Å². The SMILES string of the molecule is COc1ccc(CCN2CCC(Cc3nc4cc(OC)c(OC)cc4n3Cc3ccc(F)cc3)CC2)cc1.O=C(O)C(=O)O.O=C(O)C(=O)O. The van der Waals surface area contributed by atoms with Gasteiger partial charge in [-0.05, 0) is 73.7 Å². The minimum Gasteiger partial charge on any atom is -0.497 e. The fraction of sp³-hybridized carbons (Fsp3) is 0.343. The van der Waals surface area contributed by atoms with Gasteiger partial charge >= 0.3 is 23.9 Å². The third-order valence-electron chi connectivity index (χ3n) is 8.01. The largest absolute Gasteiger partial charge is 0.497 e. The molecule has 50 heavy (non-hydrogen) atoms. The van der Waals surface area contributed by atoms with Crippen molar-refractivity contribution in [3.63, 3.8) is 0 Å². The van der Waals surface area contributed by atoms with Crippen LogP contribution in [0.2, 0.25) is 0 Å². The summed E-state index contributed by atoms with van der Waals surface area (Å²) in [5.74, 6) is -3.65. The average Bonchev–Trinajstić information content (AvgIpc) is 3.43. The summed E-state index contributed by atoms with van der Waals surface area (Å²) in [6.07, 6.45) is 4.25. The highest BCUT2D eigenvalue weighted by Crippen LogP contribution is 2.34. The van der Waals surface area contributed by atoms with E-state index in [2.05, 4.69) is 21.6 Å². The van der Waals surface area contributed by atoms with Crippen molar-refractivity contribution in [2.45, 2.75) is 32.2 Å². The molecule has 15 heteroatoms. The lowest BCUT2D eigenvalue weighted by Crippen LogP contribution is -2.36. The molecule has 1 saturated heterocycles. The van der Waals surface area contributed by atoms with E-state index in [1.165, 1.54) is 17.7 Å². The van der Waals surface area contributed by atoms with Gasteiger partial charge in [-0.25, -0.2) is 28.6 Å². The smallest absolute Gasteiger partial charge is 0.414 e. The number of likely N-dealkylation sites (tertiary alicyclic amines) is 1. The first-order valence-electron chi connectivity index (χ1n) is 15.5. The van der Waals surface area contributed by atoms with Gasteiger partial charge in [-0.3, -0.25) is 0 Å². The van der Waals surface area contributed by atoms with Crippen LogP contribution in [0.1, 0.15) is 29.8 Å². The van der Waals surface area contributed by atoms with Gasteiger partial charge in [-0.1, -0.05) is 24.3 Å². The second-order valence-corrected chi connectivity index (χ2v) is 11.2. The minimum absolute atomic E-state index is 0.227. The summed E-state index contributed by atoms with van der Waals surface area (Å²) in [6, 6.07) is 19.0. The van der Waals surface area contributed by atoms with Crippen LogP contribution in [0.25, 0.3) is 11.0 Å². The highest BCUT2D eigenvalue weighted by atomic mass is 19.1. The van der Waals surface area contributed by atoms with E-state index < -0.39 is 23.9 Å². The lowest BCUT2D eigenvalue weighted by Gasteiger charge is -2.32. The van der Waals surface area contributed by atoms with Crippen molar-refractivity contribution in [1.82, 2.24) is 14.5 Å². The maximum Gasteiger partial charge on any atom is 0.414 e. The molecule has 2 heterocycles. The summed E-state index contributed by atoms with van der Waals surface area (Å²) in [5.41, 5.74) is 4.26. The molecule has 4 aromatic rings. The lowest BCUT2D eigenvalue weighted by molar-refractivity contribution is -0.159. The molecule has 14 nitrogen and oxygen atoms in total. The Labute approximate surface area is 287 Å². The zero-order valence-electron chi connectivity index (χ0n) is 27.9. The standard InChI is InChI=1S/C31H36FN3O3.2C2H2O4/c1-36-26-10-6-22(7-11-26)12-15-34-16-13-23(14-17-34)18-31-33-27-19-29(37-2)30(38-3)20-28(27)35(31)21-24-4-8-25(32)9-5-24;2*3-1(4)2(5)6/h4-11,19-20,23H,12-18,21H2,1-3H3;2*(H,3,4)(H,5,6). The molecule has 3 aromatic carbocycles. The number of aliphatic carboxylic acids is 4. The molecule has 0 saturated carbocycles. The van der Waals surface area contributed by atoms with Crippen LogP contribution in [-0.4, -0.2) is 99.7 Å². The Balaban J connectivity index is 0.000000485. The number of hydrogen-bond donors (Lipinski definition) is 4. The van der Waals surface area contributed by atoms with E-state index in [-0.39, 0.29) is 5.82 Å². The van der Waals surface area contributed by atoms with Crippen LogP contribution in [0, 0.1) is 11.7 Å². The van der Waals surface area contributed by atoms with Crippen molar-refractivity contribution in [3.8, 4) is 17.2 Å². The van der Waals surface area contributed by atoms with Gasteiger partial charge in [0.1, 0.15) is 17.4 Å². The van der Waals surface area contributed by atoms with Crippen LogP contribution >= 0.6 is 0 Å². The van der Waals surface area contributed by atoms with Gasteiger partial charge in [0.15, 0.2) is 11.5 Å². The summed E-state index contributed by atoms with van der Waals surface area (Å²) in [4.78, 5) is 44.0. The molecule has 0 bridgehead atoms. The number of halogens is 1. The van der Waals surface area contributed by atoms with Gasteiger partial charge in [0, 0.05) is 31.6 Å². The molecule has 1 fully saturated rings. The van der Waals surface area contributed by atoms with Crippen LogP contribution in [0.15, 0.2) is 60.7 Å². The second-order valence-electron chi connectivity index (χ2n) is 11.2. The normalized spacial score (nSPS) is 12.9. The molecule has 1 aliphatic heterocycles. The Hall–Kier alpha value is -5.70. The van der Waals surface area contributed by atoms with E-state index in [9.17, 15) is 4.39 Å². The number of piperidine rings is 1.